The highest BCUT2D eigenvalue weighted by Crippen LogP contribution is 2.29. The maximum Gasteiger partial charge on any atom is 0.417 e. The Kier molecular flexibility index (Phi) is 4.21. The number of nitrogens with zero attached hydrogens (tertiary/aromatic N) is 1. The lowest BCUT2D eigenvalue weighted by atomic mass is 10.1. The first-order valence-corrected chi connectivity index (χ1v) is 4.95. The van der Waals surface area contributed by atoms with E-state index in [0.29, 0.717) is 12.3 Å². The van der Waals surface area contributed by atoms with E-state index in [0.717, 1.165) is 19.1 Å². The Hall–Kier alpha value is -1.72. The standard InChI is InChI=1S/C12H10F5N/c1-7(13)5-10(14)8(2)11-4-3-9(6-18-11)12(15,16)17/h3-6H,1-2H3/b7-5+,10-8-. The zero-order chi connectivity index (χ0) is 13.9. The van der Waals surface area contributed by atoms with Gasteiger partial charge in [0.25, 0.3) is 0 Å². The van der Waals surface area contributed by atoms with Crippen molar-refractivity contribution < 1.29 is 22.0 Å². The monoisotopic (exact) mass is 263 g/mol. The molecule has 0 aliphatic rings. The van der Waals surface area contributed by atoms with E-state index in [1.807, 2.05) is 0 Å². The van der Waals surface area contributed by atoms with Crippen molar-refractivity contribution in [2.75, 3.05) is 0 Å². The Bertz CT molecular complexity index is 478. The van der Waals surface area contributed by atoms with E-state index < -0.39 is 23.4 Å². The van der Waals surface area contributed by atoms with Crippen LogP contribution < -0.4 is 0 Å². The van der Waals surface area contributed by atoms with Gasteiger partial charge in [-0.2, -0.15) is 13.2 Å². The topological polar surface area (TPSA) is 12.9 Å². The van der Waals surface area contributed by atoms with Gasteiger partial charge in [0, 0.05) is 17.8 Å². The molecule has 0 saturated heterocycles. The summed E-state index contributed by atoms with van der Waals surface area (Å²) in [5, 5.41) is 0. The summed E-state index contributed by atoms with van der Waals surface area (Å²) in [6, 6.07) is 1.84. The lowest BCUT2D eigenvalue weighted by molar-refractivity contribution is -0.137. The minimum atomic E-state index is -4.49. The van der Waals surface area contributed by atoms with E-state index >= 15 is 0 Å². The second-order valence-electron chi connectivity index (χ2n) is 3.63. The molecule has 0 aliphatic heterocycles. The molecule has 0 radical (unpaired) electrons. The Morgan fingerprint density at radius 1 is 1.17 bits per heavy atom. The van der Waals surface area contributed by atoms with Crippen molar-refractivity contribution in [3.63, 3.8) is 0 Å². The van der Waals surface area contributed by atoms with Gasteiger partial charge in [0.05, 0.1) is 17.1 Å². The van der Waals surface area contributed by atoms with Gasteiger partial charge in [0.1, 0.15) is 5.83 Å². The molecular weight excluding hydrogens is 253 g/mol. The van der Waals surface area contributed by atoms with Crippen LogP contribution in [0.5, 0.6) is 0 Å². The van der Waals surface area contributed by atoms with Crippen LogP contribution in [0.2, 0.25) is 0 Å². The van der Waals surface area contributed by atoms with E-state index in [-0.39, 0.29) is 11.3 Å². The Morgan fingerprint density at radius 3 is 2.17 bits per heavy atom. The third kappa shape index (κ3) is 3.65. The SMILES string of the molecule is C/C(=C(F)\C=C(/C)F)c1ccc(C(F)(F)F)cn1. The highest BCUT2D eigenvalue weighted by molar-refractivity contribution is 5.64. The van der Waals surface area contributed by atoms with Crippen LogP contribution in [0.1, 0.15) is 25.1 Å². The lowest BCUT2D eigenvalue weighted by Gasteiger charge is -2.07. The molecule has 98 valence electrons. The molecular formula is C12H10F5N. The molecule has 1 nitrogen and oxygen atoms in total. The van der Waals surface area contributed by atoms with Gasteiger partial charge >= 0.3 is 6.18 Å². The quantitative estimate of drug-likeness (QED) is 0.558. The molecule has 0 N–H and O–H groups in total. The van der Waals surface area contributed by atoms with Crippen LogP contribution >= 0.6 is 0 Å². The summed E-state index contributed by atoms with van der Waals surface area (Å²) >= 11 is 0. The van der Waals surface area contributed by atoms with Gasteiger partial charge in [0.2, 0.25) is 0 Å². The van der Waals surface area contributed by atoms with Gasteiger partial charge in [-0.15, -0.1) is 0 Å². The smallest absolute Gasteiger partial charge is 0.256 e. The molecule has 0 aliphatic carbocycles. The number of allylic oxidation sites excluding steroid dienone is 4. The second-order valence-corrected chi connectivity index (χ2v) is 3.63. The van der Waals surface area contributed by atoms with Gasteiger partial charge in [-0.3, -0.25) is 4.98 Å². The van der Waals surface area contributed by atoms with Gasteiger partial charge in [-0.25, -0.2) is 8.78 Å². The third-order valence-electron chi connectivity index (χ3n) is 2.16. The van der Waals surface area contributed by atoms with E-state index in [2.05, 4.69) is 4.98 Å². The molecule has 1 aromatic heterocycles. The Morgan fingerprint density at radius 2 is 1.78 bits per heavy atom. The van der Waals surface area contributed by atoms with E-state index in [9.17, 15) is 22.0 Å². The molecule has 0 aromatic carbocycles. The number of aromatic nitrogens is 1. The van der Waals surface area contributed by atoms with Crippen LogP contribution in [-0.4, -0.2) is 4.98 Å². The fourth-order valence-corrected chi connectivity index (χ4v) is 1.19. The molecule has 1 heterocycles. The Labute approximate surface area is 101 Å². The fourth-order valence-electron chi connectivity index (χ4n) is 1.19. The maximum absolute atomic E-state index is 13.4. The number of hydrogen-bond acceptors (Lipinski definition) is 1. The summed E-state index contributed by atoms with van der Waals surface area (Å²) in [6.45, 7) is 2.37. The van der Waals surface area contributed by atoms with E-state index in [4.69, 9.17) is 0 Å². The molecule has 0 amide bonds. The van der Waals surface area contributed by atoms with Crippen LogP contribution in [0.4, 0.5) is 22.0 Å². The third-order valence-corrected chi connectivity index (χ3v) is 2.16. The van der Waals surface area contributed by atoms with Crippen LogP contribution in [0, 0.1) is 0 Å². The minimum Gasteiger partial charge on any atom is -0.256 e. The summed E-state index contributed by atoms with van der Waals surface area (Å²) in [5.74, 6) is -1.61. The molecule has 6 heteroatoms. The van der Waals surface area contributed by atoms with Gasteiger partial charge in [0.15, 0.2) is 0 Å². The molecule has 1 aromatic rings. The first-order valence-electron chi connectivity index (χ1n) is 4.95. The summed E-state index contributed by atoms with van der Waals surface area (Å²) in [6.07, 6.45) is -3.23. The average molecular weight is 263 g/mol. The van der Waals surface area contributed by atoms with E-state index in [1.54, 1.807) is 0 Å². The van der Waals surface area contributed by atoms with Crippen molar-refractivity contribution in [3.8, 4) is 0 Å². The van der Waals surface area contributed by atoms with Crippen molar-refractivity contribution in [2.45, 2.75) is 20.0 Å². The predicted molar refractivity (Wildman–Crippen MR) is 57.8 cm³/mol. The van der Waals surface area contributed by atoms with Crippen LogP contribution in [0.3, 0.4) is 0 Å². The molecule has 0 saturated carbocycles. The molecule has 1 rings (SSSR count). The molecule has 0 fully saturated rings. The van der Waals surface area contributed by atoms with Gasteiger partial charge < -0.3 is 0 Å². The zero-order valence-corrected chi connectivity index (χ0v) is 9.65. The van der Waals surface area contributed by atoms with Crippen molar-refractivity contribution in [2.24, 2.45) is 0 Å². The maximum atomic E-state index is 13.4. The molecule has 0 unspecified atom stereocenters. The second kappa shape index (κ2) is 5.29. The largest absolute Gasteiger partial charge is 0.417 e. The van der Waals surface area contributed by atoms with Crippen LogP contribution in [0.15, 0.2) is 36.1 Å². The number of halogens is 5. The van der Waals surface area contributed by atoms with Gasteiger partial charge in [-0.05, 0) is 26.0 Å². The van der Waals surface area contributed by atoms with Crippen molar-refractivity contribution in [3.05, 3.63) is 47.3 Å². The fraction of sp³-hybridized carbons (Fsp3) is 0.250. The summed E-state index contributed by atoms with van der Waals surface area (Å²) in [7, 11) is 0. The van der Waals surface area contributed by atoms with E-state index in [1.165, 1.54) is 6.92 Å². The highest BCUT2D eigenvalue weighted by atomic mass is 19.4. The molecule has 18 heavy (non-hydrogen) atoms. The summed E-state index contributed by atoms with van der Waals surface area (Å²) < 4.78 is 62.6. The average Bonchev–Trinajstić information content (AvgIpc) is 2.26. The Balaban J connectivity index is 3.10. The van der Waals surface area contributed by atoms with Gasteiger partial charge in [-0.1, -0.05) is 0 Å². The molecule has 0 bridgehead atoms. The van der Waals surface area contributed by atoms with Crippen molar-refractivity contribution >= 4 is 5.57 Å². The van der Waals surface area contributed by atoms with Crippen LogP contribution in [-0.2, 0) is 6.18 Å². The summed E-state index contributed by atoms with van der Waals surface area (Å²) in [4.78, 5) is 3.50. The highest BCUT2D eigenvalue weighted by Gasteiger charge is 2.30. The minimum absolute atomic E-state index is 0.0259. The number of rotatable bonds is 2. The number of pyridine rings is 1. The van der Waals surface area contributed by atoms with Crippen LogP contribution in [0.25, 0.3) is 5.57 Å². The normalized spacial score (nSPS) is 14.5. The number of alkyl halides is 3. The molecule has 0 atom stereocenters. The van der Waals surface area contributed by atoms with Crippen molar-refractivity contribution in [1.29, 1.82) is 0 Å². The zero-order valence-electron chi connectivity index (χ0n) is 9.65. The first kappa shape index (κ1) is 14.3. The number of hydrogen-bond donors (Lipinski definition) is 0. The first-order chi connectivity index (χ1) is 8.21. The molecule has 0 spiro atoms. The van der Waals surface area contributed by atoms with Crippen molar-refractivity contribution in [1.82, 2.24) is 4.98 Å². The lowest BCUT2D eigenvalue weighted by Crippen LogP contribution is -2.05. The predicted octanol–water partition coefficient (Wildman–Crippen LogP) is 4.67. The summed E-state index contributed by atoms with van der Waals surface area (Å²) in [5.41, 5.74) is -0.921.